The highest BCUT2D eigenvalue weighted by Gasteiger charge is 2.21. The Hall–Kier alpha value is -1.17. The van der Waals surface area contributed by atoms with Crippen LogP contribution in [0, 0.1) is 5.82 Å². The number of amides is 1. The van der Waals surface area contributed by atoms with Gasteiger partial charge in [0.15, 0.2) is 5.96 Å². The van der Waals surface area contributed by atoms with Gasteiger partial charge in [-0.15, -0.1) is 24.0 Å². The van der Waals surface area contributed by atoms with E-state index in [4.69, 9.17) is 16.3 Å². The lowest BCUT2D eigenvalue weighted by Crippen LogP contribution is -2.52. The number of carbonyl (C=O) groups is 1. The minimum atomic E-state index is -0.277. The summed E-state index contributed by atoms with van der Waals surface area (Å²) in [6, 6.07) is 4.76. The molecule has 0 spiro atoms. The lowest BCUT2D eigenvalue weighted by Gasteiger charge is -2.36. The Bertz CT molecular complexity index is 664. The molecule has 1 aliphatic heterocycles. The largest absolute Gasteiger partial charge is 0.383 e. The van der Waals surface area contributed by atoms with Crippen LogP contribution < -0.4 is 5.32 Å². The van der Waals surface area contributed by atoms with Crippen molar-refractivity contribution >= 4 is 47.4 Å². The van der Waals surface area contributed by atoms with E-state index in [1.807, 2.05) is 0 Å². The minimum Gasteiger partial charge on any atom is -0.383 e. The van der Waals surface area contributed by atoms with E-state index in [-0.39, 0.29) is 42.2 Å². The third-order valence-electron chi connectivity index (χ3n) is 4.57. The van der Waals surface area contributed by atoms with Gasteiger partial charge in [0.05, 0.1) is 6.61 Å². The van der Waals surface area contributed by atoms with Crippen LogP contribution in [-0.2, 0) is 16.1 Å². The monoisotopic (exact) mass is 541 g/mol. The van der Waals surface area contributed by atoms with Crippen LogP contribution >= 0.6 is 35.6 Å². The zero-order valence-corrected chi connectivity index (χ0v) is 20.2. The van der Waals surface area contributed by atoms with Crippen molar-refractivity contribution in [3.05, 3.63) is 34.6 Å². The summed E-state index contributed by atoms with van der Waals surface area (Å²) >= 11 is 6.14. The molecule has 1 amide bonds. The molecule has 0 aromatic heterocycles. The molecule has 0 saturated carbocycles. The number of aliphatic imine (C=N–C) groups is 1. The van der Waals surface area contributed by atoms with E-state index in [0.717, 1.165) is 26.2 Å². The van der Waals surface area contributed by atoms with Gasteiger partial charge in [-0.1, -0.05) is 17.7 Å². The number of guanidine groups is 1. The van der Waals surface area contributed by atoms with Gasteiger partial charge < -0.3 is 19.9 Å². The normalized spacial score (nSPS) is 15.1. The first-order valence-corrected chi connectivity index (χ1v) is 9.67. The second-order valence-electron chi connectivity index (χ2n) is 6.81. The van der Waals surface area contributed by atoms with Crippen LogP contribution in [0.25, 0.3) is 0 Å². The van der Waals surface area contributed by atoms with E-state index < -0.39 is 0 Å². The Labute approximate surface area is 194 Å². The molecule has 2 rings (SSSR count). The highest BCUT2D eigenvalue weighted by molar-refractivity contribution is 14.0. The summed E-state index contributed by atoms with van der Waals surface area (Å²) in [4.78, 5) is 22.1. The van der Waals surface area contributed by atoms with Gasteiger partial charge in [0.1, 0.15) is 12.4 Å². The van der Waals surface area contributed by atoms with Gasteiger partial charge >= 0.3 is 0 Å². The SMILES string of the molecule is COCCNC(=NCC(=O)N(C)C)N1CCN(Cc2c(F)cccc2Cl)CC1.I. The molecule has 1 aromatic carbocycles. The number of hydrogen-bond acceptors (Lipinski definition) is 4. The van der Waals surface area contributed by atoms with Gasteiger partial charge in [-0.3, -0.25) is 9.69 Å². The summed E-state index contributed by atoms with van der Waals surface area (Å²) < 4.78 is 19.1. The molecular formula is C19H30ClFIN5O2. The lowest BCUT2D eigenvalue weighted by molar-refractivity contribution is -0.127. The molecule has 0 bridgehead atoms. The molecular weight excluding hydrogens is 512 g/mol. The van der Waals surface area contributed by atoms with Crippen LogP contribution in [0.2, 0.25) is 5.02 Å². The van der Waals surface area contributed by atoms with Crippen LogP contribution in [0.5, 0.6) is 0 Å². The Morgan fingerprint density at radius 1 is 1.31 bits per heavy atom. The van der Waals surface area contributed by atoms with Crippen LogP contribution in [0.1, 0.15) is 5.56 Å². The minimum absolute atomic E-state index is 0. The molecule has 164 valence electrons. The number of carbonyl (C=O) groups excluding carboxylic acids is 1. The Balaban J connectivity index is 0.00000420. The van der Waals surface area contributed by atoms with Crippen molar-refractivity contribution in [1.29, 1.82) is 0 Å². The van der Waals surface area contributed by atoms with Gasteiger partial charge in [-0.25, -0.2) is 9.38 Å². The van der Waals surface area contributed by atoms with E-state index in [9.17, 15) is 9.18 Å². The molecule has 1 heterocycles. The van der Waals surface area contributed by atoms with Crippen LogP contribution in [0.15, 0.2) is 23.2 Å². The van der Waals surface area contributed by atoms with Crippen molar-refractivity contribution in [2.24, 2.45) is 4.99 Å². The van der Waals surface area contributed by atoms with E-state index in [2.05, 4.69) is 20.1 Å². The maximum Gasteiger partial charge on any atom is 0.243 e. The quantitative estimate of drug-likeness (QED) is 0.247. The van der Waals surface area contributed by atoms with Gasteiger partial charge in [0, 0.05) is 71.1 Å². The number of hydrogen-bond donors (Lipinski definition) is 1. The second-order valence-corrected chi connectivity index (χ2v) is 7.22. The van der Waals surface area contributed by atoms with Crippen molar-refractivity contribution in [2.45, 2.75) is 6.54 Å². The number of likely N-dealkylation sites (N-methyl/N-ethyl adjacent to an activating group) is 1. The molecule has 1 saturated heterocycles. The van der Waals surface area contributed by atoms with Crippen LogP contribution in [0.3, 0.4) is 0 Å². The Morgan fingerprint density at radius 3 is 2.59 bits per heavy atom. The van der Waals surface area contributed by atoms with Crippen molar-refractivity contribution < 1.29 is 13.9 Å². The number of halogens is 3. The summed E-state index contributed by atoms with van der Waals surface area (Å²) in [7, 11) is 5.06. The molecule has 1 N–H and O–H groups in total. The molecule has 0 radical (unpaired) electrons. The number of ether oxygens (including phenoxy) is 1. The predicted octanol–water partition coefficient (Wildman–Crippen LogP) is 1.89. The first kappa shape index (κ1) is 25.9. The number of piperazine rings is 1. The summed E-state index contributed by atoms with van der Waals surface area (Å²) in [6.45, 7) is 4.66. The van der Waals surface area contributed by atoms with Crippen LogP contribution in [-0.4, -0.2) is 93.6 Å². The summed E-state index contributed by atoms with van der Waals surface area (Å²) in [5, 5.41) is 3.70. The third-order valence-corrected chi connectivity index (χ3v) is 4.92. The van der Waals surface area contributed by atoms with Crippen molar-refractivity contribution in [1.82, 2.24) is 20.0 Å². The van der Waals surface area contributed by atoms with Gasteiger partial charge in [-0.2, -0.15) is 0 Å². The van der Waals surface area contributed by atoms with Gasteiger partial charge in [0.2, 0.25) is 5.91 Å². The number of benzene rings is 1. The standard InChI is InChI=1S/C19H29ClFN5O2.HI/c1-24(2)18(27)13-23-19(22-7-12-28-3)26-10-8-25(9-11-26)14-15-16(20)5-4-6-17(15)21;/h4-6H,7-14H2,1-3H3,(H,22,23);1H. The smallest absolute Gasteiger partial charge is 0.243 e. The van der Waals surface area contributed by atoms with Crippen molar-refractivity contribution in [3.63, 3.8) is 0 Å². The average molecular weight is 542 g/mol. The molecule has 1 aromatic rings. The highest BCUT2D eigenvalue weighted by atomic mass is 127. The van der Waals surface area contributed by atoms with E-state index in [1.165, 1.54) is 11.0 Å². The van der Waals surface area contributed by atoms with Crippen LogP contribution in [0.4, 0.5) is 4.39 Å². The predicted molar refractivity (Wildman–Crippen MR) is 125 cm³/mol. The van der Waals surface area contributed by atoms with Crippen molar-refractivity contribution in [2.75, 3.05) is 67.1 Å². The molecule has 1 aliphatic rings. The highest BCUT2D eigenvalue weighted by Crippen LogP contribution is 2.21. The fourth-order valence-corrected chi connectivity index (χ4v) is 3.06. The molecule has 7 nitrogen and oxygen atoms in total. The Kier molecular flexibility index (Phi) is 11.8. The lowest BCUT2D eigenvalue weighted by atomic mass is 10.2. The number of methoxy groups -OCH3 is 1. The topological polar surface area (TPSA) is 60.4 Å². The fraction of sp³-hybridized carbons (Fsp3) is 0.579. The molecule has 0 aliphatic carbocycles. The maximum atomic E-state index is 14.0. The van der Waals surface area contributed by atoms with E-state index in [0.29, 0.717) is 36.2 Å². The zero-order valence-electron chi connectivity index (χ0n) is 17.2. The fourth-order valence-electron chi connectivity index (χ4n) is 2.84. The van der Waals surface area contributed by atoms with E-state index >= 15 is 0 Å². The molecule has 29 heavy (non-hydrogen) atoms. The summed E-state index contributed by atoms with van der Waals surface area (Å²) in [5.74, 6) is 0.357. The zero-order chi connectivity index (χ0) is 20.5. The Morgan fingerprint density at radius 2 is 2.00 bits per heavy atom. The third kappa shape index (κ3) is 8.23. The summed E-state index contributed by atoms with van der Waals surface area (Å²) in [5.41, 5.74) is 0.529. The summed E-state index contributed by atoms with van der Waals surface area (Å²) in [6.07, 6.45) is 0. The van der Waals surface area contributed by atoms with Crippen molar-refractivity contribution in [3.8, 4) is 0 Å². The first-order valence-electron chi connectivity index (χ1n) is 9.30. The van der Waals surface area contributed by atoms with Gasteiger partial charge in [0.25, 0.3) is 0 Å². The molecule has 1 fully saturated rings. The average Bonchev–Trinajstić information content (AvgIpc) is 2.68. The van der Waals surface area contributed by atoms with E-state index in [1.54, 1.807) is 33.3 Å². The number of nitrogens with one attached hydrogen (secondary N) is 1. The maximum absolute atomic E-state index is 14.0. The number of rotatable bonds is 7. The molecule has 10 heteroatoms. The first-order chi connectivity index (χ1) is 13.4. The number of nitrogens with zero attached hydrogens (tertiary/aromatic N) is 4. The molecule has 0 unspecified atom stereocenters. The molecule has 0 atom stereocenters. The second kappa shape index (κ2) is 13.2. The van der Waals surface area contributed by atoms with Gasteiger partial charge in [-0.05, 0) is 12.1 Å².